The van der Waals surface area contributed by atoms with E-state index in [9.17, 15) is 9.59 Å². The topological polar surface area (TPSA) is 141 Å². The first-order valence-electron chi connectivity index (χ1n) is 16.0. The predicted molar refractivity (Wildman–Crippen MR) is 197 cm³/mol. The second-order valence-electron chi connectivity index (χ2n) is 11.3. The minimum Gasteiger partial charge on any atom is -0.323 e. The number of hydrazone groups is 1. The van der Waals surface area contributed by atoms with E-state index >= 15 is 0 Å². The van der Waals surface area contributed by atoms with Gasteiger partial charge in [-0.2, -0.15) is 5.10 Å². The maximum atomic E-state index is 11.5. The van der Waals surface area contributed by atoms with Gasteiger partial charge in [0.1, 0.15) is 12.6 Å². The van der Waals surface area contributed by atoms with Crippen molar-refractivity contribution in [3.8, 4) is 0 Å². The summed E-state index contributed by atoms with van der Waals surface area (Å²) in [5, 5.41) is 7.54. The number of nitrogens with one attached hydrogen (secondary N) is 2. The number of benzene rings is 3. The monoisotopic (exact) mass is 648 g/mol. The van der Waals surface area contributed by atoms with Crippen molar-refractivity contribution in [1.29, 1.82) is 0 Å². The largest absolute Gasteiger partial charge is 0.323 e. The average molecular weight is 649 g/mol. The molecule has 0 saturated heterocycles. The van der Waals surface area contributed by atoms with Gasteiger partial charge in [0.2, 0.25) is 0 Å². The van der Waals surface area contributed by atoms with Crippen LogP contribution in [0.4, 0.5) is 0 Å². The Hall–Kier alpha value is -4.84. The van der Waals surface area contributed by atoms with Crippen LogP contribution >= 0.6 is 0 Å². The number of rotatable bonds is 23. The molecule has 0 bridgehead atoms. The number of carbonyl (C=O) groups is 2. The van der Waals surface area contributed by atoms with Crippen molar-refractivity contribution in [3.05, 3.63) is 144 Å². The number of hydrazine groups is 1. The Kier molecular flexibility index (Phi) is 17.7. The SMILES string of the molecule is C=C/C=C(C=O)\C=C\CN(CCN(C/C(C=NCc1ccccc1)=N/N)Cc1cccc(C=O)c1)CC(CNCc1ccccc1)NN. The fourth-order valence-electron chi connectivity index (χ4n) is 5.04. The van der Waals surface area contributed by atoms with E-state index in [0.29, 0.717) is 69.2 Å². The van der Waals surface area contributed by atoms with E-state index in [1.165, 1.54) is 5.56 Å². The average Bonchev–Trinajstić information content (AvgIpc) is 3.13. The summed E-state index contributed by atoms with van der Waals surface area (Å²) in [6.45, 7) is 9.20. The number of allylic oxidation sites excluding steroid dienone is 4. The van der Waals surface area contributed by atoms with Crippen LogP contribution in [0.15, 0.2) is 131 Å². The van der Waals surface area contributed by atoms with Gasteiger partial charge in [0.25, 0.3) is 0 Å². The Morgan fingerprint density at radius 3 is 2.29 bits per heavy atom. The Morgan fingerprint density at radius 1 is 0.917 bits per heavy atom. The van der Waals surface area contributed by atoms with E-state index in [0.717, 1.165) is 30.2 Å². The zero-order chi connectivity index (χ0) is 34.2. The number of aldehydes is 2. The van der Waals surface area contributed by atoms with Gasteiger partial charge in [-0.25, -0.2) is 0 Å². The quantitative estimate of drug-likeness (QED) is 0.0305. The lowest BCUT2D eigenvalue weighted by molar-refractivity contribution is -0.104. The second kappa shape index (κ2) is 22.6. The van der Waals surface area contributed by atoms with Crippen molar-refractivity contribution in [2.75, 3.05) is 39.3 Å². The predicted octanol–water partition coefficient (Wildman–Crippen LogP) is 3.68. The number of nitrogens with two attached hydrogens (primary N) is 2. The molecule has 0 radical (unpaired) electrons. The van der Waals surface area contributed by atoms with Crippen LogP contribution in [0.1, 0.15) is 27.0 Å². The molecule has 0 spiro atoms. The molecule has 0 aromatic heterocycles. The number of nitrogens with zero attached hydrogens (tertiary/aromatic N) is 4. The zero-order valence-electron chi connectivity index (χ0n) is 27.5. The van der Waals surface area contributed by atoms with Gasteiger partial charge in [-0.05, 0) is 22.8 Å². The fraction of sp³-hybridized carbons (Fsp3) is 0.263. The Morgan fingerprint density at radius 2 is 1.62 bits per heavy atom. The molecule has 0 heterocycles. The van der Waals surface area contributed by atoms with Gasteiger partial charge < -0.3 is 11.2 Å². The molecular weight excluding hydrogens is 600 g/mol. The number of aliphatic imine (C=N–C) groups is 1. The van der Waals surface area contributed by atoms with Crippen molar-refractivity contribution >= 4 is 24.5 Å². The Bertz CT molecular complexity index is 1510. The highest BCUT2D eigenvalue weighted by molar-refractivity contribution is 6.31. The fourth-order valence-corrected chi connectivity index (χ4v) is 5.04. The maximum absolute atomic E-state index is 11.5. The van der Waals surface area contributed by atoms with Crippen LogP contribution in [0.2, 0.25) is 0 Å². The van der Waals surface area contributed by atoms with Crippen LogP contribution in [0.5, 0.6) is 0 Å². The molecule has 48 heavy (non-hydrogen) atoms. The summed E-state index contributed by atoms with van der Waals surface area (Å²) in [5.74, 6) is 11.8. The second-order valence-corrected chi connectivity index (χ2v) is 11.3. The van der Waals surface area contributed by atoms with E-state index in [1.807, 2.05) is 72.8 Å². The van der Waals surface area contributed by atoms with E-state index in [4.69, 9.17) is 11.7 Å². The molecule has 0 aliphatic rings. The lowest BCUT2D eigenvalue weighted by Gasteiger charge is -2.30. The maximum Gasteiger partial charge on any atom is 0.150 e. The number of hydrogen-bond acceptors (Lipinski definition) is 10. The van der Waals surface area contributed by atoms with Crippen LogP contribution in [-0.2, 0) is 24.4 Å². The lowest BCUT2D eigenvalue weighted by atomic mass is 10.1. The van der Waals surface area contributed by atoms with Crippen molar-refractivity contribution in [3.63, 3.8) is 0 Å². The highest BCUT2D eigenvalue weighted by atomic mass is 16.1. The molecule has 0 amide bonds. The molecule has 1 unspecified atom stereocenters. The van der Waals surface area contributed by atoms with Crippen LogP contribution in [-0.4, -0.2) is 79.6 Å². The van der Waals surface area contributed by atoms with E-state index in [1.54, 1.807) is 30.5 Å². The molecule has 10 heteroatoms. The minimum atomic E-state index is -0.0413. The Balaban J connectivity index is 1.75. The summed E-state index contributed by atoms with van der Waals surface area (Å²) >= 11 is 0. The van der Waals surface area contributed by atoms with Crippen molar-refractivity contribution in [1.82, 2.24) is 20.5 Å². The van der Waals surface area contributed by atoms with Gasteiger partial charge in [-0.3, -0.25) is 35.6 Å². The third-order valence-electron chi connectivity index (χ3n) is 7.53. The van der Waals surface area contributed by atoms with E-state index in [-0.39, 0.29) is 6.04 Å². The smallest absolute Gasteiger partial charge is 0.150 e. The van der Waals surface area contributed by atoms with Crippen LogP contribution in [0.3, 0.4) is 0 Å². The molecule has 3 aromatic carbocycles. The van der Waals surface area contributed by atoms with Crippen molar-refractivity contribution in [2.24, 2.45) is 21.8 Å². The number of hydrogen-bond donors (Lipinski definition) is 4. The van der Waals surface area contributed by atoms with Crippen LogP contribution in [0, 0.1) is 0 Å². The molecule has 0 aliphatic carbocycles. The molecule has 0 saturated carbocycles. The summed E-state index contributed by atoms with van der Waals surface area (Å²) in [5.41, 5.74) is 8.05. The van der Waals surface area contributed by atoms with Gasteiger partial charge >= 0.3 is 0 Å². The molecule has 0 fully saturated rings. The van der Waals surface area contributed by atoms with Gasteiger partial charge in [-0.15, -0.1) is 0 Å². The Labute approximate surface area is 284 Å². The first-order chi connectivity index (χ1) is 23.6. The normalized spacial score (nSPS) is 13.1. The zero-order valence-corrected chi connectivity index (χ0v) is 27.5. The minimum absolute atomic E-state index is 0.0413. The highest BCUT2D eigenvalue weighted by Crippen LogP contribution is 2.09. The van der Waals surface area contributed by atoms with E-state index < -0.39 is 0 Å². The standard InChI is InChI=1S/C38H48N8O2/c1-2-11-34(30-47)18-10-19-45(28-37(43-39)25-41-23-32-12-5-3-6-13-32)20-21-46(27-35-16-9-17-36(22-35)31-48)29-38(44-40)26-42-24-33-14-7-4-8-15-33/h2-18,22,26,30-31,37,41,43H,1,19-21,23-25,27-29,39-40H2/b18-10+,34-11+,42-26?,44-38+. The summed E-state index contributed by atoms with van der Waals surface area (Å²) in [7, 11) is 0. The molecule has 1 atom stereocenters. The molecular formula is C38H48N8O2. The van der Waals surface area contributed by atoms with Gasteiger partial charge in [0, 0.05) is 75.8 Å². The molecule has 6 N–H and O–H groups in total. The summed E-state index contributed by atoms with van der Waals surface area (Å²) in [6.07, 6.45) is 10.4. The first kappa shape index (κ1) is 37.6. The number of carbonyl (C=O) groups excluding carboxylic acids is 2. The molecule has 0 aliphatic heterocycles. The summed E-state index contributed by atoms with van der Waals surface area (Å²) in [6, 6.07) is 27.7. The highest BCUT2D eigenvalue weighted by Gasteiger charge is 2.16. The first-order valence-corrected chi connectivity index (χ1v) is 16.0. The van der Waals surface area contributed by atoms with Crippen molar-refractivity contribution < 1.29 is 9.59 Å². The van der Waals surface area contributed by atoms with E-state index in [2.05, 4.69) is 49.3 Å². The molecule has 3 aromatic rings. The summed E-state index contributed by atoms with van der Waals surface area (Å²) < 4.78 is 0. The van der Waals surface area contributed by atoms with Gasteiger partial charge in [0.05, 0.1) is 12.3 Å². The van der Waals surface area contributed by atoms with Crippen molar-refractivity contribution in [2.45, 2.75) is 25.7 Å². The molecule has 252 valence electrons. The van der Waals surface area contributed by atoms with Gasteiger partial charge in [-0.1, -0.05) is 110 Å². The molecule has 10 nitrogen and oxygen atoms in total. The third-order valence-corrected chi connectivity index (χ3v) is 7.53. The third kappa shape index (κ3) is 14.7. The van der Waals surface area contributed by atoms with Crippen LogP contribution in [0.25, 0.3) is 0 Å². The van der Waals surface area contributed by atoms with Crippen LogP contribution < -0.4 is 22.4 Å². The lowest BCUT2D eigenvalue weighted by Crippen LogP contribution is -2.50. The van der Waals surface area contributed by atoms with Gasteiger partial charge in [0.15, 0.2) is 0 Å². The molecule has 3 rings (SSSR count). The summed E-state index contributed by atoms with van der Waals surface area (Å²) in [4.78, 5) is 32.0.